The third-order valence-electron chi connectivity index (χ3n) is 3.06. The van der Waals surface area contributed by atoms with Crippen molar-refractivity contribution in [3.8, 4) is 5.69 Å². The van der Waals surface area contributed by atoms with E-state index in [2.05, 4.69) is 62.6 Å². The zero-order valence-corrected chi connectivity index (χ0v) is 12.4. The molecule has 3 rings (SSSR count). The molecule has 0 saturated heterocycles. The van der Waals surface area contributed by atoms with Crippen molar-refractivity contribution in [2.75, 3.05) is 5.32 Å². The van der Waals surface area contributed by atoms with Crippen LogP contribution < -0.4 is 5.32 Å². The van der Waals surface area contributed by atoms with Crippen LogP contribution in [0.15, 0.2) is 71.7 Å². The monoisotopic (exact) mass is 327 g/mol. The molecule has 1 heterocycles. The lowest BCUT2D eigenvalue weighted by molar-refractivity contribution is 1.05. The topological polar surface area (TPSA) is 29.9 Å². The van der Waals surface area contributed by atoms with Crippen LogP contribution in [0, 0.1) is 0 Å². The van der Waals surface area contributed by atoms with Crippen LogP contribution in [0.2, 0.25) is 0 Å². The maximum absolute atomic E-state index is 4.05. The van der Waals surface area contributed by atoms with Crippen molar-refractivity contribution in [3.05, 3.63) is 77.3 Å². The van der Waals surface area contributed by atoms with Crippen LogP contribution in [-0.4, -0.2) is 9.55 Å². The number of hydrogen-bond donors (Lipinski definition) is 1. The van der Waals surface area contributed by atoms with E-state index in [1.54, 1.807) is 12.5 Å². The highest BCUT2D eigenvalue weighted by Crippen LogP contribution is 2.17. The van der Waals surface area contributed by atoms with Gasteiger partial charge < -0.3 is 9.88 Å². The second-order valence-corrected chi connectivity index (χ2v) is 5.42. The molecule has 4 heteroatoms. The van der Waals surface area contributed by atoms with Crippen molar-refractivity contribution in [1.82, 2.24) is 9.55 Å². The Bertz CT molecular complexity index is 675. The minimum Gasteiger partial charge on any atom is -0.381 e. The Morgan fingerprint density at radius 3 is 2.65 bits per heavy atom. The number of benzene rings is 2. The normalized spacial score (nSPS) is 10.4. The first-order valence-electron chi connectivity index (χ1n) is 6.38. The van der Waals surface area contributed by atoms with Gasteiger partial charge in [0, 0.05) is 34.8 Å². The zero-order valence-electron chi connectivity index (χ0n) is 10.8. The molecule has 0 aliphatic rings. The van der Waals surface area contributed by atoms with Crippen LogP contribution in [0.1, 0.15) is 5.56 Å². The van der Waals surface area contributed by atoms with Crippen molar-refractivity contribution < 1.29 is 0 Å². The van der Waals surface area contributed by atoms with Gasteiger partial charge in [-0.05, 0) is 35.9 Å². The molecule has 1 N–H and O–H groups in total. The molecule has 0 aliphatic carbocycles. The average molecular weight is 328 g/mol. The van der Waals surface area contributed by atoms with Crippen molar-refractivity contribution in [3.63, 3.8) is 0 Å². The summed E-state index contributed by atoms with van der Waals surface area (Å²) in [5.41, 5.74) is 3.47. The van der Waals surface area contributed by atoms with Crippen molar-refractivity contribution >= 4 is 21.6 Å². The van der Waals surface area contributed by atoms with Gasteiger partial charge in [-0.15, -0.1) is 0 Å². The summed E-state index contributed by atoms with van der Waals surface area (Å²) in [6, 6.07) is 16.6. The third-order valence-corrected chi connectivity index (χ3v) is 3.55. The first-order chi connectivity index (χ1) is 9.81. The average Bonchev–Trinajstić information content (AvgIpc) is 3.00. The largest absolute Gasteiger partial charge is 0.381 e. The zero-order chi connectivity index (χ0) is 13.8. The molecule has 20 heavy (non-hydrogen) atoms. The highest BCUT2D eigenvalue weighted by Gasteiger charge is 1.98. The minimum atomic E-state index is 0.806. The second kappa shape index (κ2) is 5.92. The van der Waals surface area contributed by atoms with Gasteiger partial charge in [0.05, 0.1) is 6.33 Å². The van der Waals surface area contributed by atoms with E-state index >= 15 is 0 Å². The Morgan fingerprint density at radius 1 is 1.10 bits per heavy atom. The molecule has 0 radical (unpaired) electrons. The maximum atomic E-state index is 4.05. The van der Waals surface area contributed by atoms with E-state index < -0.39 is 0 Å². The number of nitrogens with zero attached hydrogens (tertiary/aromatic N) is 2. The van der Waals surface area contributed by atoms with E-state index in [0.717, 1.165) is 22.4 Å². The molecular formula is C16H14BrN3. The molecule has 0 fully saturated rings. The second-order valence-electron chi connectivity index (χ2n) is 4.50. The van der Waals surface area contributed by atoms with E-state index in [0.29, 0.717) is 0 Å². The number of imidazole rings is 1. The van der Waals surface area contributed by atoms with Crippen LogP contribution >= 0.6 is 15.9 Å². The summed E-state index contributed by atoms with van der Waals surface area (Å²) in [6.45, 7) is 0.806. The molecular weight excluding hydrogens is 314 g/mol. The summed E-state index contributed by atoms with van der Waals surface area (Å²) in [4.78, 5) is 4.05. The summed E-state index contributed by atoms with van der Waals surface area (Å²) >= 11 is 3.47. The molecule has 0 unspecified atom stereocenters. The summed E-state index contributed by atoms with van der Waals surface area (Å²) < 4.78 is 3.07. The highest BCUT2D eigenvalue weighted by atomic mass is 79.9. The fraction of sp³-hybridized carbons (Fsp3) is 0.0625. The van der Waals surface area contributed by atoms with Gasteiger partial charge in [-0.25, -0.2) is 4.98 Å². The molecule has 3 nitrogen and oxygen atoms in total. The first-order valence-corrected chi connectivity index (χ1v) is 7.17. The van der Waals surface area contributed by atoms with E-state index in [9.17, 15) is 0 Å². The molecule has 0 spiro atoms. The molecule has 0 saturated carbocycles. The number of halogens is 1. The third kappa shape index (κ3) is 3.08. The maximum Gasteiger partial charge on any atom is 0.0991 e. The van der Waals surface area contributed by atoms with Gasteiger partial charge in [0.2, 0.25) is 0 Å². The predicted octanol–water partition coefficient (Wildman–Crippen LogP) is 4.25. The molecule has 100 valence electrons. The number of anilines is 1. The minimum absolute atomic E-state index is 0.806. The number of hydrogen-bond acceptors (Lipinski definition) is 2. The van der Waals surface area contributed by atoms with E-state index in [4.69, 9.17) is 0 Å². The fourth-order valence-electron chi connectivity index (χ4n) is 2.00. The lowest BCUT2D eigenvalue weighted by Gasteiger charge is -2.08. The number of nitrogens with one attached hydrogen (secondary N) is 1. The smallest absolute Gasteiger partial charge is 0.0991 e. The van der Waals surface area contributed by atoms with Gasteiger partial charge in [0.1, 0.15) is 0 Å². The molecule has 0 bridgehead atoms. The Hall–Kier alpha value is -2.07. The van der Waals surface area contributed by atoms with Crippen molar-refractivity contribution in [2.24, 2.45) is 0 Å². The summed E-state index contributed by atoms with van der Waals surface area (Å²) in [7, 11) is 0. The number of aromatic nitrogens is 2. The lowest BCUT2D eigenvalue weighted by Crippen LogP contribution is -1.99. The Balaban J connectivity index is 1.67. The van der Waals surface area contributed by atoms with Crippen LogP contribution in [0.3, 0.4) is 0 Å². The van der Waals surface area contributed by atoms with Crippen LogP contribution in [0.25, 0.3) is 5.69 Å². The molecule has 2 aromatic carbocycles. The van der Waals surface area contributed by atoms with Gasteiger partial charge in [-0.3, -0.25) is 0 Å². The van der Waals surface area contributed by atoms with Crippen molar-refractivity contribution in [2.45, 2.75) is 6.54 Å². The van der Waals surface area contributed by atoms with E-state index in [1.165, 1.54) is 5.56 Å². The van der Waals surface area contributed by atoms with Crippen LogP contribution in [0.4, 0.5) is 5.69 Å². The Kier molecular flexibility index (Phi) is 3.83. The lowest BCUT2D eigenvalue weighted by atomic mass is 10.2. The quantitative estimate of drug-likeness (QED) is 0.776. The van der Waals surface area contributed by atoms with Gasteiger partial charge in [-0.2, -0.15) is 0 Å². The van der Waals surface area contributed by atoms with Crippen molar-refractivity contribution in [1.29, 1.82) is 0 Å². The molecule has 0 amide bonds. The molecule has 0 atom stereocenters. The summed E-state index contributed by atoms with van der Waals surface area (Å²) in [5, 5.41) is 3.41. The summed E-state index contributed by atoms with van der Waals surface area (Å²) in [5.74, 6) is 0. The highest BCUT2D eigenvalue weighted by molar-refractivity contribution is 9.10. The van der Waals surface area contributed by atoms with Gasteiger partial charge in [-0.1, -0.05) is 34.1 Å². The first kappa shape index (κ1) is 12.9. The van der Waals surface area contributed by atoms with Gasteiger partial charge in [0.15, 0.2) is 0 Å². The molecule has 1 aromatic heterocycles. The summed E-state index contributed by atoms with van der Waals surface area (Å²) in [6.07, 6.45) is 5.52. The predicted molar refractivity (Wildman–Crippen MR) is 85.0 cm³/mol. The Labute approximate surface area is 126 Å². The standard InChI is InChI=1S/C16H14BrN3/c17-14-2-1-3-15(10-14)19-11-13-4-6-16(7-5-13)20-9-8-18-12-20/h1-10,12,19H,11H2. The van der Waals surface area contributed by atoms with Crippen LogP contribution in [-0.2, 0) is 6.54 Å². The van der Waals surface area contributed by atoms with E-state index in [1.807, 2.05) is 22.9 Å². The molecule has 0 aliphatic heterocycles. The SMILES string of the molecule is Brc1cccc(NCc2ccc(-n3ccnc3)cc2)c1. The number of rotatable bonds is 4. The van der Waals surface area contributed by atoms with Crippen LogP contribution in [0.5, 0.6) is 0 Å². The van der Waals surface area contributed by atoms with Gasteiger partial charge >= 0.3 is 0 Å². The van der Waals surface area contributed by atoms with E-state index in [-0.39, 0.29) is 0 Å². The van der Waals surface area contributed by atoms with Gasteiger partial charge in [0.25, 0.3) is 0 Å². The fourth-order valence-corrected chi connectivity index (χ4v) is 2.40. The molecule has 3 aromatic rings. The Morgan fingerprint density at radius 2 is 1.95 bits per heavy atom.